The van der Waals surface area contributed by atoms with Gasteiger partial charge in [-0.05, 0) is 25.0 Å². The third-order valence-corrected chi connectivity index (χ3v) is 4.41. The number of anilines is 1. The lowest BCUT2D eigenvalue weighted by atomic mass is 10.2. The Morgan fingerprint density at radius 2 is 2.10 bits per heavy atom. The Labute approximate surface area is 115 Å². The van der Waals surface area contributed by atoms with Crippen molar-refractivity contribution < 1.29 is 22.0 Å². The number of carbonyl (C=O) groups is 1. The molecule has 0 bridgehead atoms. The summed E-state index contributed by atoms with van der Waals surface area (Å²) in [6, 6.07) is 1.80. The van der Waals surface area contributed by atoms with Gasteiger partial charge in [0.25, 0.3) is 0 Å². The first-order valence-corrected chi connectivity index (χ1v) is 7.86. The van der Waals surface area contributed by atoms with Crippen LogP contribution in [0.3, 0.4) is 0 Å². The molecule has 1 saturated heterocycles. The summed E-state index contributed by atoms with van der Waals surface area (Å²) < 4.78 is 50.6. The zero-order chi connectivity index (χ0) is 14.9. The molecule has 2 rings (SSSR count). The fourth-order valence-corrected chi connectivity index (χ4v) is 3.33. The molecule has 1 aromatic carbocycles. The maximum Gasteiger partial charge on any atom is 0.242 e. The summed E-state index contributed by atoms with van der Waals surface area (Å²) in [5.41, 5.74) is -0.296. The van der Waals surface area contributed by atoms with E-state index in [-0.39, 0.29) is 12.2 Å². The van der Waals surface area contributed by atoms with Gasteiger partial charge in [-0.3, -0.25) is 4.79 Å². The van der Waals surface area contributed by atoms with Gasteiger partial charge in [0.05, 0.1) is 11.9 Å². The van der Waals surface area contributed by atoms with Gasteiger partial charge in [-0.15, -0.1) is 0 Å². The minimum atomic E-state index is -3.50. The number of hydrogen-bond acceptors (Lipinski definition) is 3. The lowest BCUT2D eigenvalue weighted by molar-refractivity contribution is -0.119. The fourth-order valence-electron chi connectivity index (χ4n) is 2.21. The monoisotopic (exact) mass is 304 g/mol. The second kappa shape index (κ2) is 5.45. The van der Waals surface area contributed by atoms with E-state index in [9.17, 15) is 22.0 Å². The van der Waals surface area contributed by atoms with E-state index in [4.69, 9.17) is 0 Å². The van der Waals surface area contributed by atoms with E-state index in [0.717, 1.165) is 28.8 Å². The van der Waals surface area contributed by atoms with E-state index in [0.29, 0.717) is 12.8 Å². The van der Waals surface area contributed by atoms with Crippen LogP contribution in [0, 0.1) is 11.6 Å². The zero-order valence-electron chi connectivity index (χ0n) is 10.8. The van der Waals surface area contributed by atoms with Gasteiger partial charge in [0.15, 0.2) is 0 Å². The van der Waals surface area contributed by atoms with Crippen LogP contribution in [0.2, 0.25) is 0 Å². The molecule has 1 fully saturated rings. The molecule has 1 aliphatic heterocycles. The molecule has 8 heteroatoms. The number of halogens is 2. The molecular formula is C12H14F2N2O3S. The number of nitrogens with zero attached hydrogens (tertiary/aromatic N) is 1. The van der Waals surface area contributed by atoms with E-state index < -0.39 is 33.6 Å². The van der Waals surface area contributed by atoms with Crippen molar-refractivity contribution in [1.82, 2.24) is 4.31 Å². The molecule has 0 radical (unpaired) electrons. The predicted octanol–water partition coefficient (Wildman–Crippen LogP) is 1.33. The number of amides is 1. The average molecular weight is 304 g/mol. The van der Waals surface area contributed by atoms with Crippen molar-refractivity contribution in [1.29, 1.82) is 0 Å². The molecular weight excluding hydrogens is 290 g/mol. The number of hydrogen-bond donors (Lipinski definition) is 1. The highest BCUT2D eigenvalue weighted by molar-refractivity contribution is 7.88. The Morgan fingerprint density at radius 3 is 2.75 bits per heavy atom. The zero-order valence-corrected chi connectivity index (χ0v) is 11.6. The number of benzene rings is 1. The van der Waals surface area contributed by atoms with Gasteiger partial charge in [0.1, 0.15) is 17.7 Å². The summed E-state index contributed by atoms with van der Waals surface area (Å²) in [5, 5.41) is 2.24. The molecule has 5 nitrogen and oxygen atoms in total. The summed E-state index contributed by atoms with van der Waals surface area (Å²) >= 11 is 0. The molecule has 1 atom stereocenters. The van der Waals surface area contributed by atoms with E-state index in [1.807, 2.05) is 0 Å². The van der Waals surface area contributed by atoms with Crippen molar-refractivity contribution in [2.75, 3.05) is 18.1 Å². The Morgan fingerprint density at radius 1 is 1.40 bits per heavy atom. The SMILES string of the molecule is CS(=O)(=O)N1CCCC1C(=O)Nc1cc(F)ccc1F. The first kappa shape index (κ1) is 14.9. The van der Waals surface area contributed by atoms with Crippen LogP contribution in [0.15, 0.2) is 18.2 Å². The third-order valence-electron chi connectivity index (χ3n) is 3.12. The quantitative estimate of drug-likeness (QED) is 0.916. The summed E-state index contributed by atoms with van der Waals surface area (Å²) in [4.78, 5) is 12.0. The molecule has 1 N–H and O–H groups in total. The third kappa shape index (κ3) is 3.13. The van der Waals surface area contributed by atoms with Gasteiger partial charge in [0.2, 0.25) is 15.9 Å². The smallest absolute Gasteiger partial charge is 0.242 e. The van der Waals surface area contributed by atoms with Crippen LogP contribution in [0.1, 0.15) is 12.8 Å². The van der Waals surface area contributed by atoms with Crippen molar-refractivity contribution in [3.05, 3.63) is 29.8 Å². The van der Waals surface area contributed by atoms with Gasteiger partial charge in [-0.1, -0.05) is 0 Å². The molecule has 1 aromatic rings. The van der Waals surface area contributed by atoms with Gasteiger partial charge in [-0.25, -0.2) is 17.2 Å². The van der Waals surface area contributed by atoms with E-state index in [1.54, 1.807) is 0 Å². The summed E-state index contributed by atoms with van der Waals surface area (Å²) in [5.74, 6) is -2.12. The molecule has 0 aliphatic carbocycles. The number of rotatable bonds is 3. The van der Waals surface area contributed by atoms with Crippen LogP contribution in [0.4, 0.5) is 14.5 Å². The Hall–Kier alpha value is -1.54. The Bertz CT molecular complexity index is 634. The van der Waals surface area contributed by atoms with E-state index in [1.165, 1.54) is 0 Å². The lowest BCUT2D eigenvalue weighted by Crippen LogP contribution is -2.42. The summed E-state index contributed by atoms with van der Waals surface area (Å²) in [7, 11) is -3.50. The van der Waals surface area contributed by atoms with Crippen LogP contribution in [0.25, 0.3) is 0 Å². The first-order valence-electron chi connectivity index (χ1n) is 6.02. The highest BCUT2D eigenvalue weighted by Crippen LogP contribution is 2.23. The average Bonchev–Trinajstić information content (AvgIpc) is 2.82. The largest absolute Gasteiger partial charge is 0.322 e. The minimum Gasteiger partial charge on any atom is -0.322 e. The van der Waals surface area contributed by atoms with Crippen molar-refractivity contribution in [2.24, 2.45) is 0 Å². The van der Waals surface area contributed by atoms with Crippen molar-refractivity contribution in [2.45, 2.75) is 18.9 Å². The highest BCUT2D eigenvalue weighted by atomic mass is 32.2. The van der Waals surface area contributed by atoms with Crippen LogP contribution in [-0.4, -0.2) is 37.5 Å². The van der Waals surface area contributed by atoms with Gasteiger partial charge < -0.3 is 5.32 Å². The van der Waals surface area contributed by atoms with E-state index >= 15 is 0 Å². The van der Waals surface area contributed by atoms with Gasteiger partial charge >= 0.3 is 0 Å². The van der Waals surface area contributed by atoms with Crippen LogP contribution >= 0.6 is 0 Å². The molecule has 0 saturated carbocycles. The molecule has 1 heterocycles. The number of sulfonamides is 1. The van der Waals surface area contributed by atoms with E-state index in [2.05, 4.69) is 5.32 Å². The topological polar surface area (TPSA) is 66.5 Å². The molecule has 20 heavy (non-hydrogen) atoms. The maximum atomic E-state index is 13.4. The minimum absolute atomic E-state index is 0.253. The molecule has 1 unspecified atom stereocenters. The molecule has 1 aliphatic rings. The van der Waals surface area contributed by atoms with Crippen molar-refractivity contribution in [3.8, 4) is 0 Å². The molecule has 0 spiro atoms. The normalized spacial score (nSPS) is 20.1. The van der Waals surface area contributed by atoms with Gasteiger partial charge in [0, 0.05) is 12.6 Å². The second-order valence-corrected chi connectivity index (χ2v) is 6.58. The standard InChI is InChI=1S/C12H14F2N2O3S/c1-20(18,19)16-6-2-3-11(16)12(17)15-10-7-8(13)4-5-9(10)14/h4-5,7,11H,2-3,6H2,1H3,(H,15,17). The van der Waals surface area contributed by atoms with Crippen LogP contribution in [-0.2, 0) is 14.8 Å². The number of nitrogens with one attached hydrogen (secondary N) is 1. The maximum absolute atomic E-state index is 13.4. The highest BCUT2D eigenvalue weighted by Gasteiger charge is 2.36. The van der Waals surface area contributed by atoms with Crippen molar-refractivity contribution >= 4 is 21.6 Å². The molecule has 1 amide bonds. The molecule has 110 valence electrons. The lowest BCUT2D eigenvalue weighted by Gasteiger charge is -2.21. The second-order valence-electron chi connectivity index (χ2n) is 4.65. The molecule has 0 aromatic heterocycles. The summed E-state index contributed by atoms with van der Waals surface area (Å²) in [6.07, 6.45) is 1.92. The first-order chi connectivity index (χ1) is 9.29. The van der Waals surface area contributed by atoms with Crippen LogP contribution < -0.4 is 5.32 Å². The van der Waals surface area contributed by atoms with Crippen molar-refractivity contribution in [3.63, 3.8) is 0 Å². The summed E-state index contributed by atoms with van der Waals surface area (Å²) in [6.45, 7) is 0.253. The fraction of sp³-hybridized carbons (Fsp3) is 0.417. The predicted molar refractivity (Wildman–Crippen MR) is 69.6 cm³/mol. The Kier molecular flexibility index (Phi) is 4.05. The van der Waals surface area contributed by atoms with Gasteiger partial charge in [-0.2, -0.15) is 4.31 Å². The Balaban J connectivity index is 2.18. The van der Waals surface area contributed by atoms with Crippen LogP contribution in [0.5, 0.6) is 0 Å². The number of carbonyl (C=O) groups excluding carboxylic acids is 1.